The molecule has 21 heavy (non-hydrogen) atoms. The molecule has 0 saturated carbocycles. The minimum Gasteiger partial charge on any atom is -0.497 e. The van der Waals surface area contributed by atoms with Crippen molar-refractivity contribution >= 4 is 11.0 Å². The maximum Gasteiger partial charge on any atom is 0.121 e. The van der Waals surface area contributed by atoms with E-state index in [1.807, 2.05) is 12.1 Å². The SMILES string of the molecule is CCn1c(CCC(C)(C)CCN)nc2cc(OC)ccc21. The van der Waals surface area contributed by atoms with Gasteiger partial charge in [0, 0.05) is 19.0 Å². The maximum atomic E-state index is 5.70. The summed E-state index contributed by atoms with van der Waals surface area (Å²) in [4.78, 5) is 4.81. The molecular formula is C17H27N3O. The Hall–Kier alpha value is -1.55. The molecule has 2 N–H and O–H groups in total. The van der Waals surface area contributed by atoms with Crippen LogP contribution in [0.15, 0.2) is 18.2 Å². The third-order valence-corrected chi connectivity index (χ3v) is 4.20. The number of aryl methyl sites for hydroxylation is 2. The highest BCUT2D eigenvalue weighted by atomic mass is 16.5. The first-order valence-electron chi connectivity index (χ1n) is 7.74. The molecule has 1 heterocycles. The second-order valence-electron chi connectivity index (χ2n) is 6.33. The van der Waals surface area contributed by atoms with Crippen molar-refractivity contribution in [3.8, 4) is 5.75 Å². The van der Waals surface area contributed by atoms with Crippen molar-refractivity contribution in [2.75, 3.05) is 13.7 Å². The van der Waals surface area contributed by atoms with Crippen LogP contribution in [0, 0.1) is 5.41 Å². The maximum absolute atomic E-state index is 5.70. The van der Waals surface area contributed by atoms with Gasteiger partial charge >= 0.3 is 0 Å². The van der Waals surface area contributed by atoms with Gasteiger partial charge in [0.2, 0.25) is 0 Å². The van der Waals surface area contributed by atoms with Crippen LogP contribution in [0.25, 0.3) is 11.0 Å². The Kier molecular flexibility index (Phi) is 4.88. The fourth-order valence-electron chi connectivity index (χ4n) is 2.80. The number of nitrogens with zero attached hydrogens (tertiary/aromatic N) is 2. The summed E-state index contributed by atoms with van der Waals surface area (Å²) in [5, 5.41) is 0. The van der Waals surface area contributed by atoms with E-state index in [1.165, 1.54) is 5.52 Å². The second-order valence-corrected chi connectivity index (χ2v) is 6.33. The molecular weight excluding hydrogens is 262 g/mol. The number of methoxy groups -OCH3 is 1. The third-order valence-electron chi connectivity index (χ3n) is 4.20. The summed E-state index contributed by atoms with van der Waals surface area (Å²) < 4.78 is 7.59. The van der Waals surface area contributed by atoms with Crippen LogP contribution in [0.5, 0.6) is 5.75 Å². The number of nitrogens with two attached hydrogens (primary N) is 1. The molecule has 0 amide bonds. The van der Waals surface area contributed by atoms with Gasteiger partial charge in [-0.25, -0.2) is 4.98 Å². The highest BCUT2D eigenvalue weighted by molar-refractivity contribution is 5.77. The molecule has 0 fully saturated rings. The van der Waals surface area contributed by atoms with Crippen molar-refractivity contribution in [1.29, 1.82) is 0 Å². The summed E-state index contributed by atoms with van der Waals surface area (Å²) >= 11 is 0. The molecule has 2 rings (SSSR count). The van der Waals surface area contributed by atoms with E-state index in [0.717, 1.165) is 49.4 Å². The fraction of sp³-hybridized carbons (Fsp3) is 0.588. The second kappa shape index (κ2) is 6.48. The Morgan fingerprint density at radius 2 is 2.05 bits per heavy atom. The number of imidazole rings is 1. The van der Waals surface area contributed by atoms with Crippen molar-refractivity contribution in [1.82, 2.24) is 9.55 Å². The average Bonchev–Trinajstić information content (AvgIpc) is 2.81. The molecule has 0 unspecified atom stereocenters. The van der Waals surface area contributed by atoms with Crippen LogP contribution in [0.3, 0.4) is 0 Å². The standard InChI is InChI=1S/C17H27N3O/c1-5-20-15-7-6-13(21-4)12-14(15)19-16(20)8-9-17(2,3)10-11-18/h6-7,12H,5,8-11,18H2,1-4H3. The average molecular weight is 289 g/mol. The largest absolute Gasteiger partial charge is 0.497 e. The Balaban J connectivity index is 2.26. The topological polar surface area (TPSA) is 53.1 Å². The van der Waals surface area contributed by atoms with Gasteiger partial charge in [0.05, 0.1) is 18.1 Å². The van der Waals surface area contributed by atoms with Gasteiger partial charge in [-0.3, -0.25) is 0 Å². The Morgan fingerprint density at radius 3 is 2.67 bits per heavy atom. The summed E-state index contributed by atoms with van der Waals surface area (Å²) in [5.41, 5.74) is 8.17. The predicted octanol–water partition coefficient (Wildman–Crippen LogP) is 3.37. The van der Waals surface area contributed by atoms with Gasteiger partial charge in [-0.1, -0.05) is 13.8 Å². The van der Waals surface area contributed by atoms with E-state index in [2.05, 4.69) is 31.4 Å². The quantitative estimate of drug-likeness (QED) is 0.850. The molecule has 1 aromatic carbocycles. The number of benzene rings is 1. The van der Waals surface area contributed by atoms with E-state index < -0.39 is 0 Å². The minimum atomic E-state index is 0.267. The van der Waals surface area contributed by atoms with Crippen molar-refractivity contribution in [2.45, 2.75) is 46.6 Å². The molecule has 116 valence electrons. The van der Waals surface area contributed by atoms with Crippen LogP contribution in [-0.2, 0) is 13.0 Å². The monoisotopic (exact) mass is 289 g/mol. The lowest BCUT2D eigenvalue weighted by Crippen LogP contribution is -2.18. The zero-order valence-corrected chi connectivity index (χ0v) is 13.6. The molecule has 1 aromatic heterocycles. The third kappa shape index (κ3) is 3.56. The van der Waals surface area contributed by atoms with Gasteiger partial charge < -0.3 is 15.0 Å². The number of rotatable bonds is 7. The first-order chi connectivity index (χ1) is 10.0. The van der Waals surface area contributed by atoms with E-state index in [9.17, 15) is 0 Å². The van der Waals surface area contributed by atoms with Crippen molar-refractivity contribution in [3.05, 3.63) is 24.0 Å². The van der Waals surface area contributed by atoms with Crippen LogP contribution in [-0.4, -0.2) is 23.2 Å². The van der Waals surface area contributed by atoms with Crippen LogP contribution in [0.1, 0.15) is 39.4 Å². The van der Waals surface area contributed by atoms with Gasteiger partial charge in [0.15, 0.2) is 0 Å². The number of ether oxygens (including phenoxy) is 1. The van der Waals surface area contributed by atoms with Crippen LogP contribution >= 0.6 is 0 Å². The van der Waals surface area contributed by atoms with Crippen molar-refractivity contribution in [2.24, 2.45) is 11.1 Å². The number of aromatic nitrogens is 2. The molecule has 0 radical (unpaired) electrons. The van der Waals surface area contributed by atoms with Crippen LogP contribution in [0.2, 0.25) is 0 Å². The van der Waals surface area contributed by atoms with Crippen molar-refractivity contribution < 1.29 is 4.74 Å². The van der Waals surface area contributed by atoms with Gasteiger partial charge in [0.25, 0.3) is 0 Å². The Bertz CT molecular complexity index is 601. The predicted molar refractivity (Wildman–Crippen MR) is 87.7 cm³/mol. The van der Waals surface area contributed by atoms with Gasteiger partial charge in [-0.05, 0) is 43.9 Å². The molecule has 0 aliphatic rings. The van der Waals surface area contributed by atoms with Crippen LogP contribution < -0.4 is 10.5 Å². The molecule has 4 heteroatoms. The highest BCUT2D eigenvalue weighted by Crippen LogP contribution is 2.28. The van der Waals surface area contributed by atoms with E-state index in [4.69, 9.17) is 15.5 Å². The van der Waals surface area contributed by atoms with Crippen molar-refractivity contribution in [3.63, 3.8) is 0 Å². The normalized spacial score (nSPS) is 12.0. The highest BCUT2D eigenvalue weighted by Gasteiger charge is 2.19. The van der Waals surface area contributed by atoms with Gasteiger partial charge in [-0.2, -0.15) is 0 Å². The summed E-state index contributed by atoms with van der Waals surface area (Å²) in [5.74, 6) is 2.02. The lowest BCUT2D eigenvalue weighted by Gasteiger charge is -2.23. The fourth-order valence-corrected chi connectivity index (χ4v) is 2.80. The molecule has 0 aliphatic heterocycles. The molecule has 0 atom stereocenters. The van der Waals surface area contributed by atoms with Crippen LogP contribution in [0.4, 0.5) is 0 Å². The summed E-state index contributed by atoms with van der Waals surface area (Å²) in [6.07, 6.45) is 3.13. The Labute approximate surface area is 127 Å². The van der Waals surface area contributed by atoms with E-state index >= 15 is 0 Å². The molecule has 2 aromatic rings. The number of hydrogen-bond acceptors (Lipinski definition) is 3. The molecule has 0 saturated heterocycles. The summed E-state index contributed by atoms with van der Waals surface area (Å²) in [7, 11) is 1.69. The molecule has 0 spiro atoms. The minimum absolute atomic E-state index is 0.267. The first kappa shape index (κ1) is 15.8. The molecule has 4 nitrogen and oxygen atoms in total. The smallest absolute Gasteiger partial charge is 0.121 e. The lowest BCUT2D eigenvalue weighted by molar-refractivity contribution is 0.309. The zero-order chi connectivity index (χ0) is 15.5. The summed E-state index contributed by atoms with van der Waals surface area (Å²) in [6.45, 7) is 8.41. The molecule has 0 aliphatic carbocycles. The number of hydrogen-bond donors (Lipinski definition) is 1. The summed E-state index contributed by atoms with van der Waals surface area (Å²) in [6, 6.07) is 6.10. The Morgan fingerprint density at radius 1 is 1.29 bits per heavy atom. The molecule has 0 bridgehead atoms. The zero-order valence-electron chi connectivity index (χ0n) is 13.6. The number of fused-ring (bicyclic) bond motifs is 1. The van der Waals surface area contributed by atoms with Gasteiger partial charge in [0.1, 0.15) is 11.6 Å². The van der Waals surface area contributed by atoms with E-state index in [0.29, 0.717) is 0 Å². The van der Waals surface area contributed by atoms with E-state index in [-0.39, 0.29) is 5.41 Å². The van der Waals surface area contributed by atoms with E-state index in [1.54, 1.807) is 7.11 Å². The van der Waals surface area contributed by atoms with Gasteiger partial charge in [-0.15, -0.1) is 0 Å². The lowest BCUT2D eigenvalue weighted by atomic mass is 9.84. The first-order valence-corrected chi connectivity index (χ1v) is 7.74.